The summed E-state index contributed by atoms with van der Waals surface area (Å²) in [7, 11) is 0. The van der Waals surface area contributed by atoms with Crippen LogP contribution in [0.5, 0.6) is 0 Å². The van der Waals surface area contributed by atoms with E-state index in [0.29, 0.717) is 0 Å². The van der Waals surface area contributed by atoms with Crippen LogP contribution in [0.25, 0.3) is 10.9 Å². The molecule has 0 saturated heterocycles. The van der Waals surface area contributed by atoms with Gasteiger partial charge in [-0.2, -0.15) is 0 Å². The SMILES string of the molecule is Cc1ccnc2c(C)cc(CC(C)N)cc12. The number of aromatic nitrogens is 1. The van der Waals surface area contributed by atoms with E-state index < -0.39 is 0 Å². The Bertz CT molecular complexity index is 515. The lowest BCUT2D eigenvalue weighted by molar-refractivity contribution is 0.738. The molecular formula is C14H18N2. The van der Waals surface area contributed by atoms with E-state index in [9.17, 15) is 0 Å². The molecule has 0 aliphatic heterocycles. The van der Waals surface area contributed by atoms with Gasteiger partial charge in [-0.3, -0.25) is 4.98 Å². The molecule has 0 bridgehead atoms. The fourth-order valence-electron chi connectivity index (χ4n) is 2.13. The molecule has 0 aliphatic carbocycles. The van der Waals surface area contributed by atoms with Crippen LogP contribution in [0.15, 0.2) is 24.4 Å². The number of pyridine rings is 1. The van der Waals surface area contributed by atoms with Gasteiger partial charge in [0.25, 0.3) is 0 Å². The number of nitrogens with zero attached hydrogens (tertiary/aromatic N) is 1. The van der Waals surface area contributed by atoms with Crippen LogP contribution in [0.3, 0.4) is 0 Å². The van der Waals surface area contributed by atoms with Gasteiger partial charge < -0.3 is 5.73 Å². The Labute approximate surface area is 96.5 Å². The predicted molar refractivity (Wildman–Crippen MR) is 68.6 cm³/mol. The van der Waals surface area contributed by atoms with E-state index in [1.54, 1.807) is 0 Å². The first-order chi connectivity index (χ1) is 7.58. The fourth-order valence-corrected chi connectivity index (χ4v) is 2.13. The van der Waals surface area contributed by atoms with Crippen molar-refractivity contribution in [2.45, 2.75) is 33.2 Å². The molecule has 0 fully saturated rings. The number of hydrogen-bond acceptors (Lipinski definition) is 2. The third-order valence-electron chi connectivity index (χ3n) is 2.87. The van der Waals surface area contributed by atoms with E-state index in [-0.39, 0.29) is 6.04 Å². The molecule has 16 heavy (non-hydrogen) atoms. The number of fused-ring (bicyclic) bond motifs is 1. The van der Waals surface area contributed by atoms with Crippen molar-refractivity contribution in [3.63, 3.8) is 0 Å². The third kappa shape index (κ3) is 2.07. The lowest BCUT2D eigenvalue weighted by Gasteiger charge is -2.10. The molecule has 84 valence electrons. The number of benzene rings is 1. The van der Waals surface area contributed by atoms with Gasteiger partial charge in [-0.15, -0.1) is 0 Å². The first kappa shape index (κ1) is 11.1. The summed E-state index contributed by atoms with van der Waals surface area (Å²) in [5, 5.41) is 1.25. The Morgan fingerprint density at radius 2 is 2.00 bits per heavy atom. The van der Waals surface area contributed by atoms with Crippen molar-refractivity contribution in [1.82, 2.24) is 4.98 Å². The van der Waals surface area contributed by atoms with Crippen LogP contribution in [0, 0.1) is 13.8 Å². The van der Waals surface area contributed by atoms with Crippen molar-refractivity contribution in [3.05, 3.63) is 41.1 Å². The highest BCUT2D eigenvalue weighted by molar-refractivity contribution is 5.85. The molecule has 2 N–H and O–H groups in total. The average molecular weight is 214 g/mol. The van der Waals surface area contributed by atoms with Crippen LogP contribution < -0.4 is 5.73 Å². The molecule has 0 amide bonds. The van der Waals surface area contributed by atoms with Gasteiger partial charge in [-0.25, -0.2) is 0 Å². The molecule has 0 radical (unpaired) electrons. The molecule has 0 spiro atoms. The van der Waals surface area contributed by atoms with E-state index in [1.807, 2.05) is 13.1 Å². The van der Waals surface area contributed by atoms with Crippen LogP contribution in [0.1, 0.15) is 23.6 Å². The van der Waals surface area contributed by atoms with Gasteiger partial charge in [0.05, 0.1) is 5.52 Å². The topological polar surface area (TPSA) is 38.9 Å². The molecule has 1 unspecified atom stereocenters. The van der Waals surface area contributed by atoms with Gasteiger partial charge in [0.15, 0.2) is 0 Å². The summed E-state index contributed by atoms with van der Waals surface area (Å²) < 4.78 is 0. The smallest absolute Gasteiger partial charge is 0.0733 e. The minimum atomic E-state index is 0.203. The number of aryl methyl sites for hydroxylation is 2. The van der Waals surface area contributed by atoms with Gasteiger partial charge in [-0.1, -0.05) is 6.07 Å². The zero-order valence-corrected chi connectivity index (χ0v) is 10.1. The van der Waals surface area contributed by atoms with Crippen LogP contribution in [0.2, 0.25) is 0 Å². The van der Waals surface area contributed by atoms with Crippen molar-refractivity contribution in [1.29, 1.82) is 0 Å². The van der Waals surface area contributed by atoms with Crippen molar-refractivity contribution in [2.75, 3.05) is 0 Å². The summed E-state index contributed by atoms with van der Waals surface area (Å²) in [5.74, 6) is 0. The summed E-state index contributed by atoms with van der Waals surface area (Å²) in [6.07, 6.45) is 2.79. The Kier molecular flexibility index (Phi) is 2.92. The summed E-state index contributed by atoms with van der Waals surface area (Å²) in [5.41, 5.74) is 10.8. The normalized spacial score (nSPS) is 13.0. The monoisotopic (exact) mass is 214 g/mol. The number of nitrogens with two attached hydrogens (primary N) is 1. The van der Waals surface area contributed by atoms with E-state index in [0.717, 1.165) is 11.9 Å². The second-order valence-electron chi connectivity index (χ2n) is 4.62. The van der Waals surface area contributed by atoms with Gasteiger partial charge in [0.2, 0.25) is 0 Å². The highest BCUT2D eigenvalue weighted by Crippen LogP contribution is 2.22. The molecule has 2 nitrogen and oxygen atoms in total. The van der Waals surface area contributed by atoms with Gasteiger partial charge >= 0.3 is 0 Å². The largest absolute Gasteiger partial charge is 0.328 e. The van der Waals surface area contributed by atoms with E-state index in [2.05, 4.69) is 37.0 Å². The number of rotatable bonds is 2. The maximum absolute atomic E-state index is 5.84. The minimum absolute atomic E-state index is 0.203. The standard InChI is InChI=1S/C14H18N2/c1-9-4-5-16-14-10(2)6-12(7-11(3)15)8-13(9)14/h4-6,8,11H,7,15H2,1-3H3. The lowest BCUT2D eigenvalue weighted by atomic mass is 9.99. The summed E-state index contributed by atoms with van der Waals surface area (Å²) in [4.78, 5) is 4.43. The van der Waals surface area contributed by atoms with E-state index in [1.165, 1.54) is 22.1 Å². The molecule has 0 saturated carbocycles. The second kappa shape index (κ2) is 4.22. The highest BCUT2D eigenvalue weighted by Gasteiger charge is 2.05. The Morgan fingerprint density at radius 3 is 2.69 bits per heavy atom. The third-order valence-corrected chi connectivity index (χ3v) is 2.87. The quantitative estimate of drug-likeness (QED) is 0.834. The van der Waals surface area contributed by atoms with Crippen molar-refractivity contribution in [3.8, 4) is 0 Å². The van der Waals surface area contributed by atoms with E-state index >= 15 is 0 Å². The molecule has 1 aromatic heterocycles. The Balaban J connectivity index is 2.61. The molecule has 2 rings (SSSR count). The zero-order chi connectivity index (χ0) is 11.7. The summed E-state index contributed by atoms with van der Waals surface area (Å²) >= 11 is 0. The molecule has 0 aliphatic rings. The van der Waals surface area contributed by atoms with Gasteiger partial charge in [0.1, 0.15) is 0 Å². The van der Waals surface area contributed by atoms with Crippen molar-refractivity contribution < 1.29 is 0 Å². The maximum Gasteiger partial charge on any atom is 0.0733 e. The lowest BCUT2D eigenvalue weighted by Crippen LogP contribution is -2.17. The molecule has 1 atom stereocenters. The average Bonchev–Trinajstić information content (AvgIpc) is 2.19. The molecule has 2 heteroatoms. The zero-order valence-electron chi connectivity index (χ0n) is 10.1. The number of hydrogen-bond donors (Lipinski definition) is 1. The Hall–Kier alpha value is -1.41. The molecule has 1 heterocycles. The van der Waals surface area contributed by atoms with Gasteiger partial charge in [0, 0.05) is 17.6 Å². The molecule has 1 aromatic carbocycles. The maximum atomic E-state index is 5.84. The molecular weight excluding hydrogens is 196 g/mol. The first-order valence-corrected chi connectivity index (χ1v) is 5.68. The molecule has 2 aromatic rings. The van der Waals surface area contributed by atoms with Crippen molar-refractivity contribution in [2.24, 2.45) is 5.73 Å². The van der Waals surface area contributed by atoms with Gasteiger partial charge in [-0.05, 0) is 56.0 Å². The highest BCUT2D eigenvalue weighted by atomic mass is 14.7. The van der Waals surface area contributed by atoms with Crippen LogP contribution in [0.4, 0.5) is 0 Å². The van der Waals surface area contributed by atoms with E-state index in [4.69, 9.17) is 5.73 Å². The summed E-state index contributed by atoms with van der Waals surface area (Å²) in [6.45, 7) is 6.27. The van der Waals surface area contributed by atoms with Crippen LogP contribution in [-0.2, 0) is 6.42 Å². The first-order valence-electron chi connectivity index (χ1n) is 5.68. The fraction of sp³-hybridized carbons (Fsp3) is 0.357. The predicted octanol–water partition coefficient (Wildman–Crippen LogP) is 2.74. The second-order valence-corrected chi connectivity index (χ2v) is 4.62. The van der Waals surface area contributed by atoms with Crippen LogP contribution >= 0.6 is 0 Å². The summed E-state index contributed by atoms with van der Waals surface area (Å²) in [6, 6.07) is 6.66. The minimum Gasteiger partial charge on any atom is -0.328 e. The van der Waals surface area contributed by atoms with Crippen LogP contribution in [-0.4, -0.2) is 11.0 Å². The van der Waals surface area contributed by atoms with Crippen molar-refractivity contribution >= 4 is 10.9 Å². The Morgan fingerprint density at radius 1 is 1.25 bits per heavy atom.